The maximum Gasteiger partial charge on any atom is 0.410 e. The molecule has 130 valence electrons. The normalized spacial score (nSPS) is 11.3. The van der Waals surface area contributed by atoms with E-state index in [0.29, 0.717) is 19.7 Å². The molecular weight excluding hydrogens is 292 g/mol. The van der Waals surface area contributed by atoms with E-state index in [-0.39, 0.29) is 6.09 Å². The summed E-state index contributed by atoms with van der Waals surface area (Å²) in [5.41, 5.74) is 1.92. The predicted molar refractivity (Wildman–Crippen MR) is 92.3 cm³/mol. The van der Waals surface area contributed by atoms with E-state index in [0.717, 1.165) is 13.1 Å². The molecule has 1 aromatic rings. The minimum absolute atomic E-state index is 0.259. The smallest absolute Gasteiger partial charge is 0.410 e. The molecule has 0 fully saturated rings. The monoisotopic (exact) mass is 322 g/mol. The van der Waals surface area contributed by atoms with Crippen molar-refractivity contribution < 1.29 is 14.3 Å². The van der Waals surface area contributed by atoms with Crippen LogP contribution in [0.1, 0.15) is 38.8 Å². The lowest BCUT2D eigenvalue weighted by Crippen LogP contribution is -2.40. The molecule has 1 aromatic carbocycles. The van der Waals surface area contributed by atoms with E-state index in [1.165, 1.54) is 11.1 Å². The number of hydrogen-bond donors (Lipinski definition) is 1. The first kappa shape index (κ1) is 19.5. The molecule has 0 spiro atoms. The van der Waals surface area contributed by atoms with Crippen molar-refractivity contribution in [3.63, 3.8) is 0 Å². The maximum absolute atomic E-state index is 12.0. The van der Waals surface area contributed by atoms with Crippen LogP contribution < -0.4 is 5.32 Å². The third kappa shape index (κ3) is 8.00. The summed E-state index contributed by atoms with van der Waals surface area (Å²) in [7, 11) is 1.69. The Bertz CT molecular complexity index is 466. The lowest BCUT2D eigenvalue weighted by Gasteiger charge is -2.26. The topological polar surface area (TPSA) is 50.8 Å². The number of carbonyl (C=O) groups excluding carboxylic acids is 1. The van der Waals surface area contributed by atoms with Gasteiger partial charge in [-0.15, -0.1) is 0 Å². The molecule has 0 bridgehead atoms. The first-order valence-electron chi connectivity index (χ1n) is 8.11. The summed E-state index contributed by atoms with van der Waals surface area (Å²) in [4.78, 5) is 13.7. The van der Waals surface area contributed by atoms with Crippen LogP contribution in [0.2, 0.25) is 0 Å². The molecule has 1 amide bonds. The number of rotatable bonds is 8. The van der Waals surface area contributed by atoms with Crippen molar-refractivity contribution in [2.24, 2.45) is 0 Å². The maximum atomic E-state index is 12.0. The Morgan fingerprint density at radius 1 is 1.17 bits per heavy atom. The Hall–Kier alpha value is -1.59. The van der Waals surface area contributed by atoms with Gasteiger partial charge in [0.05, 0.1) is 6.61 Å². The molecule has 0 aliphatic rings. The molecule has 0 saturated heterocycles. The summed E-state index contributed by atoms with van der Waals surface area (Å²) in [6.45, 7) is 11.0. The average molecular weight is 322 g/mol. The van der Waals surface area contributed by atoms with Crippen LogP contribution in [0.4, 0.5) is 4.79 Å². The Balaban J connectivity index is 2.33. The van der Waals surface area contributed by atoms with Gasteiger partial charge in [0.1, 0.15) is 5.60 Å². The minimum Gasteiger partial charge on any atom is -0.444 e. The predicted octanol–water partition coefficient (Wildman–Crippen LogP) is 3.18. The Labute approximate surface area is 140 Å². The molecule has 0 unspecified atom stereocenters. The third-order valence-electron chi connectivity index (χ3n) is 3.26. The van der Waals surface area contributed by atoms with Gasteiger partial charge in [-0.05, 0) is 38.8 Å². The number of carbonyl (C=O) groups is 1. The van der Waals surface area contributed by atoms with Gasteiger partial charge < -0.3 is 19.7 Å². The number of hydrogen-bond acceptors (Lipinski definition) is 4. The van der Waals surface area contributed by atoms with Crippen LogP contribution in [0.3, 0.4) is 0 Å². The molecule has 0 saturated carbocycles. The van der Waals surface area contributed by atoms with Gasteiger partial charge in [0.15, 0.2) is 0 Å². The number of nitrogens with one attached hydrogen (secondary N) is 1. The zero-order valence-electron chi connectivity index (χ0n) is 15.0. The van der Waals surface area contributed by atoms with Gasteiger partial charge in [-0.1, -0.05) is 24.3 Å². The second kappa shape index (κ2) is 9.53. The standard InChI is InChI=1S/C18H30N2O3/c1-6-20(17(21)23-18(2,3)4)12-11-19-13-15-7-9-16(10-8-15)14-22-5/h7-10,19H,6,11-14H2,1-5H3. The second-order valence-corrected chi connectivity index (χ2v) is 6.49. The van der Waals surface area contributed by atoms with E-state index < -0.39 is 5.60 Å². The van der Waals surface area contributed by atoms with Gasteiger partial charge in [0, 0.05) is 33.3 Å². The van der Waals surface area contributed by atoms with Gasteiger partial charge in [0.2, 0.25) is 0 Å². The summed E-state index contributed by atoms with van der Waals surface area (Å²) in [6, 6.07) is 8.32. The Morgan fingerprint density at radius 2 is 1.78 bits per heavy atom. The van der Waals surface area contributed by atoms with Crippen LogP contribution >= 0.6 is 0 Å². The number of benzene rings is 1. The van der Waals surface area contributed by atoms with Crippen molar-refractivity contribution in [2.75, 3.05) is 26.7 Å². The summed E-state index contributed by atoms with van der Waals surface area (Å²) in [6.07, 6.45) is -0.259. The van der Waals surface area contributed by atoms with E-state index in [1.54, 1.807) is 12.0 Å². The fraction of sp³-hybridized carbons (Fsp3) is 0.611. The first-order valence-corrected chi connectivity index (χ1v) is 8.11. The van der Waals surface area contributed by atoms with Gasteiger partial charge in [-0.25, -0.2) is 4.79 Å². The van der Waals surface area contributed by atoms with Crippen molar-refractivity contribution in [3.8, 4) is 0 Å². The summed E-state index contributed by atoms with van der Waals surface area (Å²) in [5, 5.41) is 3.35. The molecule has 0 aliphatic heterocycles. The molecule has 1 N–H and O–H groups in total. The van der Waals surface area contributed by atoms with Crippen molar-refractivity contribution in [1.29, 1.82) is 0 Å². The Morgan fingerprint density at radius 3 is 2.30 bits per heavy atom. The van der Waals surface area contributed by atoms with Gasteiger partial charge in [-0.3, -0.25) is 0 Å². The molecule has 0 atom stereocenters. The van der Waals surface area contributed by atoms with Gasteiger partial charge in [-0.2, -0.15) is 0 Å². The molecule has 0 aromatic heterocycles. The van der Waals surface area contributed by atoms with E-state index >= 15 is 0 Å². The van der Waals surface area contributed by atoms with Gasteiger partial charge in [0.25, 0.3) is 0 Å². The van der Waals surface area contributed by atoms with Gasteiger partial charge >= 0.3 is 6.09 Å². The van der Waals surface area contributed by atoms with Crippen molar-refractivity contribution in [3.05, 3.63) is 35.4 Å². The van der Waals surface area contributed by atoms with E-state index in [1.807, 2.05) is 27.7 Å². The molecule has 5 nitrogen and oxygen atoms in total. The van der Waals surface area contributed by atoms with Crippen LogP contribution in [-0.2, 0) is 22.6 Å². The second-order valence-electron chi connectivity index (χ2n) is 6.49. The molecule has 0 heterocycles. The molecular formula is C18H30N2O3. The zero-order valence-corrected chi connectivity index (χ0v) is 15.0. The number of amides is 1. The van der Waals surface area contributed by atoms with Crippen LogP contribution in [0.25, 0.3) is 0 Å². The average Bonchev–Trinajstić information content (AvgIpc) is 2.47. The number of methoxy groups -OCH3 is 1. The van der Waals surface area contributed by atoms with E-state index in [9.17, 15) is 4.79 Å². The summed E-state index contributed by atoms with van der Waals surface area (Å²) < 4.78 is 10.5. The Kier molecular flexibility index (Phi) is 8.06. The molecule has 0 radical (unpaired) electrons. The van der Waals surface area contributed by atoms with Crippen molar-refractivity contribution in [1.82, 2.24) is 10.2 Å². The lowest BCUT2D eigenvalue weighted by molar-refractivity contribution is 0.0262. The highest BCUT2D eigenvalue weighted by molar-refractivity contribution is 5.68. The van der Waals surface area contributed by atoms with E-state index in [4.69, 9.17) is 9.47 Å². The van der Waals surface area contributed by atoms with E-state index in [2.05, 4.69) is 29.6 Å². The highest BCUT2D eigenvalue weighted by Gasteiger charge is 2.20. The molecule has 1 rings (SSSR count). The highest BCUT2D eigenvalue weighted by Crippen LogP contribution is 2.09. The minimum atomic E-state index is -0.456. The molecule has 5 heteroatoms. The zero-order chi connectivity index (χ0) is 17.3. The largest absolute Gasteiger partial charge is 0.444 e. The third-order valence-corrected chi connectivity index (χ3v) is 3.26. The van der Waals surface area contributed by atoms with Crippen molar-refractivity contribution >= 4 is 6.09 Å². The number of likely N-dealkylation sites (N-methyl/N-ethyl adjacent to an activating group) is 1. The quantitative estimate of drug-likeness (QED) is 0.747. The summed E-state index contributed by atoms with van der Waals surface area (Å²) >= 11 is 0. The van der Waals surface area contributed by atoms with Crippen LogP contribution in [0, 0.1) is 0 Å². The molecule has 0 aliphatic carbocycles. The fourth-order valence-corrected chi connectivity index (χ4v) is 2.07. The number of nitrogens with zero attached hydrogens (tertiary/aromatic N) is 1. The van der Waals surface area contributed by atoms with Crippen molar-refractivity contribution in [2.45, 2.75) is 46.4 Å². The highest BCUT2D eigenvalue weighted by atomic mass is 16.6. The first-order chi connectivity index (χ1) is 10.9. The van der Waals surface area contributed by atoms with Crippen LogP contribution in [0.5, 0.6) is 0 Å². The number of ether oxygens (including phenoxy) is 2. The SMILES string of the molecule is CCN(CCNCc1ccc(COC)cc1)C(=O)OC(C)(C)C. The van der Waals surface area contributed by atoms with Crippen LogP contribution in [-0.4, -0.2) is 43.3 Å². The van der Waals surface area contributed by atoms with Crippen LogP contribution in [0.15, 0.2) is 24.3 Å². The summed E-state index contributed by atoms with van der Waals surface area (Å²) in [5.74, 6) is 0. The fourth-order valence-electron chi connectivity index (χ4n) is 2.07. The molecule has 23 heavy (non-hydrogen) atoms. The lowest BCUT2D eigenvalue weighted by atomic mass is 10.1.